The number of benzene rings is 2. The van der Waals surface area contributed by atoms with Crippen LogP contribution in [0.25, 0.3) is 5.57 Å². The number of carbonyl (C=O) groups is 1. The van der Waals surface area contributed by atoms with Gasteiger partial charge < -0.3 is 15.0 Å². The highest BCUT2D eigenvalue weighted by Gasteiger charge is 2.18. The molecule has 1 atom stereocenters. The van der Waals surface area contributed by atoms with Crippen LogP contribution >= 0.6 is 0 Å². The standard InChI is InChI=1S/C22H26N2O2/c1-26-21-9-7-18(8-10-21)11-14-23-22(25)17-24-15-12-20(13-16-24)19-5-3-2-4-6-19/h2-10,12H,11,13-17H2,1H3,(H,23,25)/p+1. The topological polar surface area (TPSA) is 42.8 Å². The van der Waals surface area contributed by atoms with Gasteiger partial charge in [0.1, 0.15) is 5.75 Å². The van der Waals surface area contributed by atoms with E-state index in [2.05, 4.69) is 35.7 Å². The fourth-order valence-corrected chi connectivity index (χ4v) is 3.29. The van der Waals surface area contributed by atoms with Crippen molar-refractivity contribution in [1.29, 1.82) is 0 Å². The molecule has 0 saturated carbocycles. The van der Waals surface area contributed by atoms with Crippen molar-refractivity contribution in [3.63, 3.8) is 0 Å². The van der Waals surface area contributed by atoms with Gasteiger partial charge >= 0.3 is 0 Å². The van der Waals surface area contributed by atoms with Gasteiger partial charge in [-0.25, -0.2) is 0 Å². The van der Waals surface area contributed by atoms with Crippen LogP contribution in [0, 0.1) is 0 Å². The molecule has 0 aliphatic carbocycles. The van der Waals surface area contributed by atoms with E-state index in [1.165, 1.54) is 21.6 Å². The summed E-state index contributed by atoms with van der Waals surface area (Å²) in [4.78, 5) is 13.5. The van der Waals surface area contributed by atoms with Crippen molar-refractivity contribution < 1.29 is 14.4 Å². The first kappa shape index (κ1) is 18.2. The van der Waals surface area contributed by atoms with Crippen LogP contribution in [0.5, 0.6) is 5.75 Å². The second-order valence-electron chi connectivity index (χ2n) is 6.67. The van der Waals surface area contributed by atoms with Crippen LogP contribution in [0.15, 0.2) is 60.7 Å². The van der Waals surface area contributed by atoms with E-state index in [1.807, 2.05) is 30.3 Å². The van der Waals surface area contributed by atoms with Crippen LogP contribution in [0.4, 0.5) is 0 Å². The number of ether oxygens (including phenoxy) is 1. The molecule has 0 saturated heterocycles. The van der Waals surface area contributed by atoms with Crippen molar-refractivity contribution in [1.82, 2.24) is 5.32 Å². The zero-order valence-electron chi connectivity index (χ0n) is 15.3. The van der Waals surface area contributed by atoms with Gasteiger partial charge in [0.2, 0.25) is 0 Å². The molecule has 4 nitrogen and oxygen atoms in total. The van der Waals surface area contributed by atoms with Gasteiger partial charge in [-0.2, -0.15) is 0 Å². The molecule has 1 aliphatic heterocycles. The number of hydrogen-bond donors (Lipinski definition) is 2. The van der Waals surface area contributed by atoms with E-state index < -0.39 is 0 Å². The van der Waals surface area contributed by atoms with Crippen molar-refractivity contribution in [3.05, 3.63) is 71.8 Å². The van der Waals surface area contributed by atoms with Gasteiger partial charge in [-0.3, -0.25) is 4.79 Å². The predicted octanol–water partition coefficient (Wildman–Crippen LogP) is 1.73. The van der Waals surface area contributed by atoms with Gasteiger partial charge in [-0.05, 0) is 41.3 Å². The molecule has 136 valence electrons. The average molecular weight is 351 g/mol. The van der Waals surface area contributed by atoms with Crippen molar-refractivity contribution in [2.75, 3.05) is 33.3 Å². The maximum absolute atomic E-state index is 12.2. The molecule has 1 aliphatic rings. The number of nitrogens with one attached hydrogen (secondary N) is 2. The van der Waals surface area contributed by atoms with E-state index in [0.717, 1.165) is 31.7 Å². The Morgan fingerprint density at radius 3 is 2.54 bits per heavy atom. The molecule has 0 fully saturated rings. The summed E-state index contributed by atoms with van der Waals surface area (Å²) in [7, 11) is 1.66. The van der Waals surface area contributed by atoms with Crippen molar-refractivity contribution in [3.8, 4) is 5.75 Å². The largest absolute Gasteiger partial charge is 0.497 e. The van der Waals surface area contributed by atoms with Gasteiger partial charge in [-0.1, -0.05) is 42.5 Å². The maximum atomic E-state index is 12.2. The van der Waals surface area contributed by atoms with E-state index in [-0.39, 0.29) is 5.91 Å². The minimum absolute atomic E-state index is 0.130. The fourth-order valence-electron chi connectivity index (χ4n) is 3.29. The summed E-state index contributed by atoms with van der Waals surface area (Å²) in [5.41, 5.74) is 3.90. The number of amides is 1. The van der Waals surface area contributed by atoms with Crippen molar-refractivity contribution in [2.45, 2.75) is 12.8 Å². The smallest absolute Gasteiger partial charge is 0.275 e. The third-order valence-corrected chi connectivity index (χ3v) is 4.84. The lowest BCUT2D eigenvalue weighted by Crippen LogP contribution is -3.13. The Bertz CT molecular complexity index is 738. The second kappa shape index (κ2) is 9.20. The lowest BCUT2D eigenvalue weighted by molar-refractivity contribution is -0.886. The molecule has 0 aromatic heterocycles. The number of rotatable bonds is 7. The molecular weight excluding hydrogens is 324 g/mol. The van der Waals surface area contributed by atoms with Gasteiger partial charge in [-0.15, -0.1) is 0 Å². The van der Waals surface area contributed by atoms with E-state index in [9.17, 15) is 4.79 Å². The van der Waals surface area contributed by atoms with Gasteiger partial charge in [0.05, 0.1) is 20.2 Å². The molecule has 2 aromatic carbocycles. The number of quaternary nitrogens is 1. The van der Waals surface area contributed by atoms with Gasteiger partial charge in [0.15, 0.2) is 6.54 Å². The Morgan fingerprint density at radius 2 is 1.88 bits per heavy atom. The third kappa shape index (κ3) is 5.20. The summed E-state index contributed by atoms with van der Waals surface area (Å²) in [6.07, 6.45) is 4.14. The second-order valence-corrected chi connectivity index (χ2v) is 6.67. The lowest BCUT2D eigenvalue weighted by atomic mass is 10.00. The number of hydrogen-bond acceptors (Lipinski definition) is 2. The molecule has 4 heteroatoms. The summed E-state index contributed by atoms with van der Waals surface area (Å²) in [5, 5.41) is 3.04. The molecule has 1 heterocycles. The first-order valence-corrected chi connectivity index (χ1v) is 9.22. The summed E-state index contributed by atoms with van der Waals surface area (Å²) in [6.45, 7) is 3.13. The molecule has 0 spiro atoms. The zero-order chi connectivity index (χ0) is 18.2. The van der Waals surface area contributed by atoms with Crippen LogP contribution in [-0.2, 0) is 11.2 Å². The molecule has 3 rings (SSSR count). The molecular formula is C22H27N2O2+. The molecule has 2 aromatic rings. The number of methoxy groups -OCH3 is 1. The number of carbonyl (C=O) groups excluding carboxylic acids is 1. The Balaban J connectivity index is 1.39. The summed E-state index contributed by atoms with van der Waals surface area (Å²) in [6, 6.07) is 18.5. The minimum Gasteiger partial charge on any atom is -0.497 e. The first-order valence-electron chi connectivity index (χ1n) is 9.22. The van der Waals surface area contributed by atoms with Gasteiger partial charge in [0, 0.05) is 13.0 Å². The monoisotopic (exact) mass is 351 g/mol. The zero-order valence-corrected chi connectivity index (χ0v) is 15.3. The highest BCUT2D eigenvalue weighted by molar-refractivity contribution is 5.77. The van der Waals surface area contributed by atoms with E-state index in [4.69, 9.17) is 4.74 Å². The van der Waals surface area contributed by atoms with Crippen LogP contribution < -0.4 is 15.0 Å². The first-order chi connectivity index (χ1) is 12.7. The highest BCUT2D eigenvalue weighted by Crippen LogP contribution is 2.17. The normalized spacial score (nSPS) is 16.7. The fraction of sp³-hybridized carbons (Fsp3) is 0.318. The van der Waals surface area contributed by atoms with E-state index in [1.54, 1.807) is 7.11 Å². The molecule has 2 N–H and O–H groups in total. The quantitative estimate of drug-likeness (QED) is 0.798. The van der Waals surface area contributed by atoms with Crippen LogP contribution in [-0.4, -0.2) is 39.2 Å². The van der Waals surface area contributed by atoms with Gasteiger partial charge in [0.25, 0.3) is 5.91 Å². The molecule has 0 radical (unpaired) electrons. The summed E-state index contributed by atoms with van der Waals surface area (Å²) < 4.78 is 5.16. The van der Waals surface area contributed by atoms with Crippen molar-refractivity contribution >= 4 is 11.5 Å². The van der Waals surface area contributed by atoms with Crippen LogP contribution in [0.1, 0.15) is 17.5 Å². The Kier molecular flexibility index (Phi) is 6.45. The lowest BCUT2D eigenvalue weighted by Gasteiger charge is -2.23. The third-order valence-electron chi connectivity index (χ3n) is 4.84. The van der Waals surface area contributed by atoms with E-state index >= 15 is 0 Å². The Hall–Kier alpha value is -2.59. The Labute approximate surface area is 155 Å². The average Bonchev–Trinajstić information content (AvgIpc) is 2.70. The van der Waals surface area contributed by atoms with Crippen molar-refractivity contribution in [2.24, 2.45) is 0 Å². The van der Waals surface area contributed by atoms with Crippen LogP contribution in [0.3, 0.4) is 0 Å². The summed E-state index contributed by atoms with van der Waals surface area (Å²) in [5.74, 6) is 0.986. The highest BCUT2D eigenvalue weighted by atomic mass is 16.5. The predicted molar refractivity (Wildman–Crippen MR) is 104 cm³/mol. The molecule has 0 bridgehead atoms. The minimum atomic E-state index is 0.130. The molecule has 1 unspecified atom stereocenters. The summed E-state index contributed by atoms with van der Waals surface area (Å²) >= 11 is 0. The molecule has 26 heavy (non-hydrogen) atoms. The SMILES string of the molecule is COc1ccc(CCNC(=O)C[NH+]2CC=C(c3ccccc3)CC2)cc1. The maximum Gasteiger partial charge on any atom is 0.275 e. The Morgan fingerprint density at radius 1 is 1.12 bits per heavy atom. The van der Waals surface area contributed by atoms with Crippen LogP contribution in [0.2, 0.25) is 0 Å². The molecule has 1 amide bonds. The van der Waals surface area contributed by atoms with E-state index in [0.29, 0.717) is 13.1 Å².